The average Bonchev–Trinajstić information content (AvgIpc) is 3.18. The van der Waals surface area contributed by atoms with Crippen LogP contribution in [0.2, 0.25) is 0 Å². The standard InChI is InChI=1S/C18H20N6O2/c1-12-9-18(26)24(21-12)14-6-4-5-13(10-14)19-17(25)11-23-16-8-3-2-7-15(16)20-22-23/h4-6,10H,2-3,7-9,11H2,1H3,(H,19,25). The highest BCUT2D eigenvalue weighted by Gasteiger charge is 2.23. The van der Waals surface area contributed by atoms with Crippen molar-refractivity contribution in [2.75, 3.05) is 10.3 Å². The number of nitrogens with one attached hydrogen (secondary N) is 1. The highest BCUT2D eigenvalue weighted by molar-refractivity contribution is 6.12. The molecule has 1 aliphatic heterocycles. The Hall–Kier alpha value is -3.03. The van der Waals surface area contributed by atoms with Crippen LogP contribution in [0, 0.1) is 0 Å². The number of hydrogen-bond donors (Lipinski definition) is 1. The first-order valence-corrected chi connectivity index (χ1v) is 8.78. The van der Waals surface area contributed by atoms with E-state index in [1.165, 1.54) is 5.01 Å². The third kappa shape index (κ3) is 3.22. The predicted molar refractivity (Wildman–Crippen MR) is 96.9 cm³/mol. The summed E-state index contributed by atoms with van der Waals surface area (Å²) >= 11 is 0. The minimum absolute atomic E-state index is 0.0692. The molecule has 2 amide bonds. The molecule has 0 atom stereocenters. The second-order valence-electron chi connectivity index (χ2n) is 6.66. The molecular formula is C18H20N6O2. The van der Waals surface area contributed by atoms with E-state index in [1.807, 2.05) is 6.92 Å². The third-order valence-corrected chi connectivity index (χ3v) is 4.58. The van der Waals surface area contributed by atoms with Gasteiger partial charge in [-0.3, -0.25) is 9.59 Å². The summed E-state index contributed by atoms with van der Waals surface area (Å²) in [4.78, 5) is 24.4. The largest absolute Gasteiger partial charge is 0.324 e. The van der Waals surface area contributed by atoms with Gasteiger partial charge in [-0.05, 0) is 50.8 Å². The summed E-state index contributed by atoms with van der Waals surface area (Å²) in [7, 11) is 0. The van der Waals surface area contributed by atoms with E-state index in [9.17, 15) is 9.59 Å². The molecule has 2 aliphatic rings. The number of hydrogen-bond acceptors (Lipinski definition) is 5. The molecule has 0 spiro atoms. The van der Waals surface area contributed by atoms with Crippen molar-refractivity contribution in [2.45, 2.75) is 45.6 Å². The zero-order valence-corrected chi connectivity index (χ0v) is 14.6. The lowest BCUT2D eigenvalue weighted by molar-refractivity contribution is -0.117. The molecule has 0 saturated heterocycles. The summed E-state index contributed by atoms with van der Waals surface area (Å²) in [6, 6.07) is 7.12. The van der Waals surface area contributed by atoms with Crippen molar-refractivity contribution < 1.29 is 9.59 Å². The first-order valence-electron chi connectivity index (χ1n) is 8.78. The Balaban J connectivity index is 1.46. The Morgan fingerprint density at radius 3 is 2.92 bits per heavy atom. The summed E-state index contributed by atoms with van der Waals surface area (Å²) < 4.78 is 1.69. The van der Waals surface area contributed by atoms with Gasteiger partial charge in [0.15, 0.2) is 0 Å². The van der Waals surface area contributed by atoms with Gasteiger partial charge in [0.05, 0.1) is 23.5 Å². The third-order valence-electron chi connectivity index (χ3n) is 4.58. The number of carbonyl (C=O) groups is 2. The Morgan fingerprint density at radius 1 is 1.27 bits per heavy atom. The van der Waals surface area contributed by atoms with Gasteiger partial charge in [-0.15, -0.1) is 5.10 Å². The number of hydrazone groups is 1. The van der Waals surface area contributed by atoms with Crippen LogP contribution in [0.15, 0.2) is 29.4 Å². The number of fused-ring (bicyclic) bond motifs is 1. The van der Waals surface area contributed by atoms with E-state index in [4.69, 9.17) is 0 Å². The maximum Gasteiger partial charge on any atom is 0.253 e. The van der Waals surface area contributed by atoms with Gasteiger partial charge in [-0.1, -0.05) is 11.3 Å². The Bertz CT molecular complexity index is 901. The summed E-state index contributed by atoms with van der Waals surface area (Å²) in [6.45, 7) is 1.95. The van der Waals surface area contributed by atoms with Crippen LogP contribution in [0.5, 0.6) is 0 Å². The fraction of sp³-hybridized carbons (Fsp3) is 0.389. The van der Waals surface area contributed by atoms with E-state index < -0.39 is 0 Å². The van der Waals surface area contributed by atoms with Crippen LogP contribution in [0.1, 0.15) is 37.6 Å². The van der Waals surface area contributed by atoms with Gasteiger partial charge in [0.25, 0.3) is 5.91 Å². The van der Waals surface area contributed by atoms with E-state index in [-0.39, 0.29) is 18.4 Å². The lowest BCUT2D eigenvalue weighted by Gasteiger charge is -2.14. The van der Waals surface area contributed by atoms with E-state index in [2.05, 4.69) is 20.7 Å². The molecule has 8 nitrogen and oxygen atoms in total. The molecule has 4 rings (SSSR count). The fourth-order valence-corrected chi connectivity index (χ4v) is 3.36. The fourth-order valence-electron chi connectivity index (χ4n) is 3.36. The van der Waals surface area contributed by atoms with E-state index in [0.717, 1.165) is 42.8 Å². The Labute approximate surface area is 150 Å². The van der Waals surface area contributed by atoms with Crippen molar-refractivity contribution in [3.63, 3.8) is 0 Å². The van der Waals surface area contributed by atoms with Crippen molar-refractivity contribution in [1.82, 2.24) is 15.0 Å². The minimum Gasteiger partial charge on any atom is -0.324 e. The number of aryl methyl sites for hydroxylation is 1. The first kappa shape index (κ1) is 16.4. The number of carbonyl (C=O) groups excluding carboxylic acids is 2. The Kier molecular flexibility index (Phi) is 4.24. The van der Waals surface area contributed by atoms with Gasteiger partial charge in [0.2, 0.25) is 5.91 Å². The van der Waals surface area contributed by atoms with Gasteiger partial charge in [0.1, 0.15) is 6.54 Å². The molecule has 134 valence electrons. The molecule has 1 aromatic heterocycles. The lowest BCUT2D eigenvalue weighted by Crippen LogP contribution is -2.22. The molecule has 26 heavy (non-hydrogen) atoms. The van der Waals surface area contributed by atoms with Crippen LogP contribution < -0.4 is 10.3 Å². The lowest BCUT2D eigenvalue weighted by atomic mass is 10.0. The summed E-state index contributed by atoms with van der Waals surface area (Å²) in [5, 5.41) is 16.8. The number of nitrogens with zero attached hydrogens (tertiary/aromatic N) is 5. The van der Waals surface area contributed by atoms with Gasteiger partial charge in [-0.25, -0.2) is 9.69 Å². The van der Waals surface area contributed by atoms with Crippen LogP contribution in [0.25, 0.3) is 0 Å². The van der Waals surface area contributed by atoms with Crippen LogP contribution >= 0.6 is 0 Å². The monoisotopic (exact) mass is 352 g/mol. The van der Waals surface area contributed by atoms with Gasteiger partial charge >= 0.3 is 0 Å². The number of anilines is 2. The molecular weight excluding hydrogens is 332 g/mol. The number of amides is 2. The number of aromatic nitrogens is 3. The zero-order valence-electron chi connectivity index (χ0n) is 14.6. The Morgan fingerprint density at radius 2 is 2.12 bits per heavy atom. The molecule has 1 aliphatic carbocycles. The van der Waals surface area contributed by atoms with Crippen molar-refractivity contribution in [3.05, 3.63) is 35.7 Å². The van der Waals surface area contributed by atoms with Gasteiger partial charge in [0, 0.05) is 11.4 Å². The SMILES string of the molecule is CC1=NN(c2cccc(NC(=O)Cn3nnc4c3CCCC4)c2)C(=O)C1. The average molecular weight is 352 g/mol. The molecule has 1 aromatic carbocycles. The molecule has 1 N–H and O–H groups in total. The van der Waals surface area contributed by atoms with Crippen LogP contribution in [0.4, 0.5) is 11.4 Å². The minimum atomic E-state index is -0.173. The van der Waals surface area contributed by atoms with Crippen molar-refractivity contribution >= 4 is 28.9 Å². The first-order chi connectivity index (χ1) is 12.6. The topological polar surface area (TPSA) is 92.5 Å². The van der Waals surface area contributed by atoms with E-state index in [0.29, 0.717) is 17.8 Å². The van der Waals surface area contributed by atoms with Gasteiger partial charge in [-0.2, -0.15) is 5.10 Å². The molecule has 0 saturated carbocycles. The molecule has 2 heterocycles. The van der Waals surface area contributed by atoms with E-state index >= 15 is 0 Å². The molecule has 8 heteroatoms. The normalized spacial score (nSPS) is 16.4. The smallest absolute Gasteiger partial charge is 0.253 e. The molecule has 0 unspecified atom stereocenters. The second-order valence-corrected chi connectivity index (χ2v) is 6.66. The maximum absolute atomic E-state index is 12.4. The van der Waals surface area contributed by atoms with Crippen LogP contribution in [-0.2, 0) is 29.0 Å². The van der Waals surface area contributed by atoms with Crippen LogP contribution in [-0.4, -0.2) is 32.5 Å². The van der Waals surface area contributed by atoms with Crippen molar-refractivity contribution in [2.24, 2.45) is 5.10 Å². The summed E-state index contributed by atoms with van der Waals surface area (Å²) in [6.07, 6.45) is 4.41. The molecule has 2 aromatic rings. The van der Waals surface area contributed by atoms with Crippen molar-refractivity contribution in [1.29, 1.82) is 0 Å². The van der Waals surface area contributed by atoms with Crippen LogP contribution in [0.3, 0.4) is 0 Å². The summed E-state index contributed by atoms with van der Waals surface area (Å²) in [5.74, 6) is -0.243. The van der Waals surface area contributed by atoms with Gasteiger partial charge < -0.3 is 5.32 Å². The number of rotatable bonds is 4. The molecule has 0 bridgehead atoms. The second kappa shape index (κ2) is 6.70. The van der Waals surface area contributed by atoms with Crippen molar-refractivity contribution in [3.8, 4) is 0 Å². The van der Waals surface area contributed by atoms with E-state index in [1.54, 1.807) is 28.9 Å². The maximum atomic E-state index is 12.4. The molecule has 0 fully saturated rings. The summed E-state index contributed by atoms with van der Waals surface area (Å²) in [5.41, 5.74) is 4.11. The highest BCUT2D eigenvalue weighted by Crippen LogP contribution is 2.24. The number of benzene rings is 1. The highest BCUT2D eigenvalue weighted by atomic mass is 16.2. The predicted octanol–water partition coefficient (Wildman–Crippen LogP) is 1.91. The quantitative estimate of drug-likeness (QED) is 0.910. The molecule has 0 radical (unpaired) electrons. The zero-order chi connectivity index (χ0) is 18.1.